The average Bonchev–Trinajstić information content (AvgIpc) is 2.66. The van der Waals surface area contributed by atoms with Crippen LogP contribution in [0.1, 0.15) is 32.1 Å². The van der Waals surface area contributed by atoms with Gasteiger partial charge in [0.25, 0.3) is 0 Å². The molecule has 15 heavy (non-hydrogen) atoms. The van der Waals surface area contributed by atoms with Crippen LogP contribution in [-0.4, -0.2) is 35.8 Å². The van der Waals surface area contributed by atoms with Gasteiger partial charge in [-0.15, -0.1) is 0 Å². The van der Waals surface area contributed by atoms with Gasteiger partial charge in [-0.3, -0.25) is 9.59 Å². The lowest BCUT2D eigenvalue weighted by Gasteiger charge is -2.27. The zero-order chi connectivity index (χ0) is 11.3. The van der Waals surface area contributed by atoms with Crippen LogP contribution >= 0.6 is 0 Å². The van der Waals surface area contributed by atoms with E-state index in [-0.39, 0.29) is 18.5 Å². The standard InChI is InChI=1S/C10H19N3O2/c11-6-5-10(15)13(7-9(12)14)8-3-1-2-4-8/h8H,1-7,11H2,(H2,12,14). The van der Waals surface area contributed by atoms with Crippen LogP contribution in [0.5, 0.6) is 0 Å². The molecule has 0 heterocycles. The molecule has 86 valence electrons. The molecule has 0 unspecified atom stereocenters. The Balaban J connectivity index is 2.58. The van der Waals surface area contributed by atoms with Crippen LogP contribution in [0.2, 0.25) is 0 Å². The number of nitrogens with two attached hydrogens (primary N) is 2. The van der Waals surface area contributed by atoms with Gasteiger partial charge in [-0.2, -0.15) is 0 Å². The predicted molar refractivity (Wildman–Crippen MR) is 56.8 cm³/mol. The molecule has 5 heteroatoms. The van der Waals surface area contributed by atoms with E-state index in [0.717, 1.165) is 25.7 Å². The summed E-state index contributed by atoms with van der Waals surface area (Å²) in [6.07, 6.45) is 4.49. The number of hydrogen-bond acceptors (Lipinski definition) is 3. The van der Waals surface area contributed by atoms with E-state index in [2.05, 4.69) is 0 Å². The highest BCUT2D eigenvalue weighted by Crippen LogP contribution is 2.23. The second-order valence-electron chi connectivity index (χ2n) is 3.96. The van der Waals surface area contributed by atoms with Gasteiger partial charge in [-0.1, -0.05) is 12.8 Å². The Hall–Kier alpha value is -1.10. The summed E-state index contributed by atoms with van der Waals surface area (Å²) in [7, 11) is 0. The molecule has 4 N–H and O–H groups in total. The van der Waals surface area contributed by atoms with E-state index in [1.54, 1.807) is 4.90 Å². The first-order chi connectivity index (χ1) is 7.15. The summed E-state index contributed by atoms with van der Waals surface area (Å²) >= 11 is 0. The molecule has 0 spiro atoms. The van der Waals surface area contributed by atoms with Crippen molar-refractivity contribution >= 4 is 11.8 Å². The summed E-state index contributed by atoms with van der Waals surface area (Å²) in [5, 5.41) is 0. The van der Waals surface area contributed by atoms with Crippen LogP contribution in [0.25, 0.3) is 0 Å². The third-order valence-electron chi connectivity index (χ3n) is 2.77. The summed E-state index contributed by atoms with van der Waals surface area (Å²) in [4.78, 5) is 24.2. The number of amides is 2. The minimum atomic E-state index is -0.452. The molecule has 0 aromatic heterocycles. The maximum absolute atomic E-state index is 11.7. The van der Waals surface area contributed by atoms with Crippen LogP contribution < -0.4 is 11.5 Å². The van der Waals surface area contributed by atoms with Crippen LogP contribution in [0.15, 0.2) is 0 Å². The van der Waals surface area contributed by atoms with Gasteiger partial charge >= 0.3 is 0 Å². The van der Waals surface area contributed by atoms with Crippen molar-refractivity contribution in [3.05, 3.63) is 0 Å². The maximum Gasteiger partial charge on any atom is 0.237 e. The Bertz CT molecular complexity index is 237. The minimum Gasteiger partial charge on any atom is -0.368 e. The zero-order valence-electron chi connectivity index (χ0n) is 8.95. The lowest BCUT2D eigenvalue weighted by molar-refractivity contribution is -0.137. The topological polar surface area (TPSA) is 89.4 Å². The number of primary amides is 1. The Labute approximate surface area is 89.8 Å². The van der Waals surface area contributed by atoms with Crippen molar-refractivity contribution in [2.75, 3.05) is 13.1 Å². The van der Waals surface area contributed by atoms with Crippen LogP contribution in [0.4, 0.5) is 0 Å². The normalized spacial score (nSPS) is 16.6. The van der Waals surface area contributed by atoms with E-state index in [9.17, 15) is 9.59 Å². The van der Waals surface area contributed by atoms with Crippen LogP contribution in [-0.2, 0) is 9.59 Å². The molecule has 1 saturated carbocycles. The van der Waals surface area contributed by atoms with Gasteiger partial charge in [0.15, 0.2) is 0 Å². The fourth-order valence-electron chi connectivity index (χ4n) is 2.07. The third-order valence-corrected chi connectivity index (χ3v) is 2.77. The van der Waals surface area contributed by atoms with E-state index >= 15 is 0 Å². The van der Waals surface area contributed by atoms with Crippen LogP contribution in [0.3, 0.4) is 0 Å². The predicted octanol–water partition coefficient (Wildman–Crippen LogP) is -0.408. The van der Waals surface area contributed by atoms with E-state index in [1.807, 2.05) is 0 Å². The molecule has 1 aliphatic rings. The van der Waals surface area contributed by atoms with Crippen LogP contribution in [0, 0.1) is 0 Å². The SMILES string of the molecule is NCCC(=O)N(CC(N)=O)C1CCCC1. The highest BCUT2D eigenvalue weighted by atomic mass is 16.2. The highest BCUT2D eigenvalue weighted by molar-refractivity contribution is 5.84. The molecular formula is C10H19N3O2. The molecule has 0 bridgehead atoms. The lowest BCUT2D eigenvalue weighted by atomic mass is 10.2. The first-order valence-electron chi connectivity index (χ1n) is 5.43. The molecule has 2 amide bonds. The van der Waals surface area contributed by atoms with Crippen molar-refractivity contribution in [1.29, 1.82) is 0 Å². The summed E-state index contributed by atoms with van der Waals surface area (Å²) in [5.74, 6) is -0.504. The number of hydrogen-bond donors (Lipinski definition) is 2. The molecule has 0 aromatic carbocycles. The average molecular weight is 213 g/mol. The quantitative estimate of drug-likeness (QED) is 0.650. The van der Waals surface area contributed by atoms with Crippen molar-refractivity contribution < 1.29 is 9.59 Å². The zero-order valence-corrected chi connectivity index (χ0v) is 8.95. The fraction of sp³-hybridized carbons (Fsp3) is 0.800. The number of rotatable bonds is 5. The van der Waals surface area contributed by atoms with Crippen molar-refractivity contribution in [3.63, 3.8) is 0 Å². The fourth-order valence-corrected chi connectivity index (χ4v) is 2.07. The molecule has 0 saturated heterocycles. The van der Waals surface area contributed by atoms with E-state index < -0.39 is 5.91 Å². The van der Waals surface area contributed by atoms with E-state index in [4.69, 9.17) is 11.5 Å². The molecule has 0 aliphatic heterocycles. The summed E-state index contributed by atoms with van der Waals surface area (Å²) < 4.78 is 0. The number of carbonyl (C=O) groups excluding carboxylic acids is 2. The molecule has 0 aromatic rings. The van der Waals surface area contributed by atoms with Crippen molar-refractivity contribution in [1.82, 2.24) is 4.90 Å². The molecule has 1 rings (SSSR count). The molecular weight excluding hydrogens is 194 g/mol. The first-order valence-corrected chi connectivity index (χ1v) is 5.43. The molecule has 0 atom stereocenters. The van der Waals surface area contributed by atoms with Crippen molar-refractivity contribution in [2.45, 2.75) is 38.1 Å². The summed E-state index contributed by atoms with van der Waals surface area (Å²) in [6, 6.07) is 0.191. The molecule has 1 fully saturated rings. The second-order valence-corrected chi connectivity index (χ2v) is 3.96. The molecule has 5 nitrogen and oxygen atoms in total. The van der Waals surface area contributed by atoms with Gasteiger partial charge < -0.3 is 16.4 Å². The monoisotopic (exact) mass is 213 g/mol. The van der Waals surface area contributed by atoms with Gasteiger partial charge in [-0.05, 0) is 12.8 Å². The number of carbonyl (C=O) groups is 2. The van der Waals surface area contributed by atoms with E-state index in [1.165, 1.54) is 0 Å². The van der Waals surface area contributed by atoms with E-state index in [0.29, 0.717) is 13.0 Å². The molecule has 1 aliphatic carbocycles. The summed E-state index contributed by atoms with van der Waals surface area (Å²) in [5.41, 5.74) is 10.5. The largest absolute Gasteiger partial charge is 0.368 e. The maximum atomic E-state index is 11.7. The van der Waals surface area contributed by atoms with Gasteiger partial charge in [-0.25, -0.2) is 0 Å². The smallest absolute Gasteiger partial charge is 0.237 e. The lowest BCUT2D eigenvalue weighted by Crippen LogP contribution is -2.44. The summed E-state index contributed by atoms with van der Waals surface area (Å²) in [6.45, 7) is 0.352. The molecule has 0 radical (unpaired) electrons. The second kappa shape index (κ2) is 5.70. The van der Waals surface area contributed by atoms with Crippen molar-refractivity contribution in [3.8, 4) is 0 Å². The van der Waals surface area contributed by atoms with Gasteiger partial charge in [0.2, 0.25) is 11.8 Å². The Kier molecular flexibility index (Phi) is 4.55. The number of nitrogens with zero attached hydrogens (tertiary/aromatic N) is 1. The highest BCUT2D eigenvalue weighted by Gasteiger charge is 2.26. The minimum absolute atomic E-state index is 0.0312. The Morgan fingerprint density at radius 2 is 1.87 bits per heavy atom. The van der Waals surface area contributed by atoms with Crippen molar-refractivity contribution in [2.24, 2.45) is 11.5 Å². The van der Waals surface area contributed by atoms with Gasteiger partial charge in [0.1, 0.15) is 0 Å². The van der Waals surface area contributed by atoms with Gasteiger partial charge in [0, 0.05) is 19.0 Å². The first kappa shape index (κ1) is 12.0. The Morgan fingerprint density at radius 1 is 1.27 bits per heavy atom. The third kappa shape index (κ3) is 3.51. The Morgan fingerprint density at radius 3 is 2.33 bits per heavy atom. The van der Waals surface area contributed by atoms with Gasteiger partial charge in [0.05, 0.1) is 6.54 Å².